The fourth-order valence-corrected chi connectivity index (χ4v) is 2.79. The molecule has 0 aromatic heterocycles. The first-order valence-electron chi connectivity index (χ1n) is 8.21. The maximum absolute atomic E-state index is 8.54. The highest BCUT2D eigenvalue weighted by Crippen LogP contribution is 2.33. The Hall–Kier alpha value is -3.07. The van der Waals surface area contributed by atoms with Gasteiger partial charge in [0, 0.05) is 5.41 Å². The van der Waals surface area contributed by atoms with Crippen molar-refractivity contribution in [3.8, 4) is 11.5 Å². The second-order valence-corrected chi connectivity index (χ2v) is 6.43. The van der Waals surface area contributed by atoms with E-state index in [1.54, 1.807) is 0 Å². The van der Waals surface area contributed by atoms with Crippen molar-refractivity contribution in [2.75, 3.05) is 0 Å². The van der Waals surface area contributed by atoms with E-state index in [-0.39, 0.29) is 5.41 Å². The summed E-state index contributed by atoms with van der Waals surface area (Å²) in [6.07, 6.45) is 1.38. The van der Waals surface area contributed by atoms with E-state index >= 15 is 0 Å². The minimum atomic E-state index is -0.0644. The van der Waals surface area contributed by atoms with Crippen molar-refractivity contribution in [2.24, 2.45) is 5.16 Å². The zero-order valence-corrected chi connectivity index (χ0v) is 14.4. The van der Waals surface area contributed by atoms with Crippen molar-refractivity contribution in [2.45, 2.75) is 19.3 Å². The van der Waals surface area contributed by atoms with Crippen LogP contribution >= 0.6 is 0 Å². The molecule has 0 saturated carbocycles. The van der Waals surface area contributed by atoms with Crippen LogP contribution in [0.5, 0.6) is 11.5 Å². The van der Waals surface area contributed by atoms with Gasteiger partial charge in [-0.3, -0.25) is 0 Å². The Morgan fingerprint density at radius 2 is 1.28 bits per heavy atom. The topological polar surface area (TPSA) is 41.8 Å². The van der Waals surface area contributed by atoms with Gasteiger partial charge in [-0.2, -0.15) is 0 Å². The van der Waals surface area contributed by atoms with Gasteiger partial charge in [-0.15, -0.1) is 0 Å². The molecule has 3 rings (SSSR count). The number of nitrogens with zero attached hydrogens (tertiary/aromatic N) is 1. The molecule has 0 radical (unpaired) electrons. The van der Waals surface area contributed by atoms with E-state index in [1.807, 2.05) is 42.5 Å². The lowest BCUT2D eigenvalue weighted by Crippen LogP contribution is -2.18. The van der Waals surface area contributed by atoms with E-state index < -0.39 is 0 Å². The molecule has 0 aliphatic heterocycles. The molecule has 126 valence electrons. The summed E-state index contributed by atoms with van der Waals surface area (Å²) in [5.74, 6) is 1.53. The highest BCUT2D eigenvalue weighted by molar-refractivity contribution is 5.79. The van der Waals surface area contributed by atoms with Gasteiger partial charge in [0.05, 0.1) is 6.21 Å². The van der Waals surface area contributed by atoms with Crippen molar-refractivity contribution in [1.82, 2.24) is 0 Å². The molecule has 3 aromatic rings. The quantitative estimate of drug-likeness (QED) is 0.375. The number of benzene rings is 3. The lowest BCUT2D eigenvalue weighted by molar-refractivity contribution is 0.322. The van der Waals surface area contributed by atoms with Crippen molar-refractivity contribution in [3.05, 3.63) is 95.6 Å². The van der Waals surface area contributed by atoms with Crippen LogP contribution in [0.25, 0.3) is 0 Å². The van der Waals surface area contributed by atoms with E-state index in [4.69, 9.17) is 9.94 Å². The summed E-state index contributed by atoms with van der Waals surface area (Å²) < 4.78 is 5.88. The molecule has 25 heavy (non-hydrogen) atoms. The summed E-state index contributed by atoms with van der Waals surface area (Å²) >= 11 is 0. The standard InChI is InChI=1S/C22H21NO2/c1-22(2,18-6-4-3-5-7-18)19-10-14-21(15-11-19)25-20-12-8-17(9-13-20)16-23-24/h3-16,24H,1-2H3/b23-16+. The molecule has 0 bridgehead atoms. The van der Waals surface area contributed by atoms with E-state index in [2.05, 4.69) is 55.4 Å². The molecule has 0 saturated heterocycles. The summed E-state index contributed by atoms with van der Waals surface area (Å²) in [5.41, 5.74) is 3.27. The van der Waals surface area contributed by atoms with Crippen LogP contribution < -0.4 is 4.74 Å². The third kappa shape index (κ3) is 3.89. The Morgan fingerprint density at radius 3 is 1.84 bits per heavy atom. The molecule has 0 aliphatic carbocycles. The minimum Gasteiger partial charge on any atom is -0.457 e. The third-order valence-corrected chi connectivity index (χ3v) is 4.39. The molecule has 3 heteroatoms. The molecule has 0 atom stereocenters. The van der Waals surface area contributed by atoms with Crippen LogP contribution in [0, 0.1) is 0 Å². The highest BCUT2D eigenvalue weighted by Gasteiger charge is 2.22. The van der Waals surface area contributed by atoms with Crippen molar-refractivity contribution in [1.29, 1.82) is 0 Å². The summed E-state index contributed by atoms with van der Waals surface area (Å²) in [6, 6.07) is 26.0. The summed E-state index contributed by atoms with van der Waals surface area (Å²) in [4.78, 5) is 0. The van der Waals surface area contributed by atoms with E-state index in [9.17, 15) is 0 Å². The van der Waals surface area contributed by atoms with Crippen LogP contribution in [0.3, 0.4) is 0 Å². The van der Waals surface area contributed by atoms with Crippen LogP contribution in [0.4, 0.5) is 0 Å². The molecule has 1 N–H and O–H groups in total. The second kappa shape index (κ2) is 7.22. The first-order chi connectivity index (χ1) is 12.1. The van der Waals surface area contributed by atoms with Crippen molar-refractivity contribution < 1.29 is 9.94 Å². The van der Waals surface area contributed by atoms with Crippen LogP contribution in [-0.4, -0.2) is 11.4 Å². The minimum absolute atomic E-state index is 0.0644. The van der Waals surface area contributed by atoms with Gasteiger partial charge >= 0.3 is 0 Å². The molecule has 0 spiro atoms. The van der Waals surface area contributed by atoms with E-state index in [0.29, 0.717) is 0 Å². The van der Waals surface area contributed by atoms with Gasteiger partial charge in [-0.25, -0.2) is 0 Å². The SMILES string of the molecule is CC(C)(c1ccccc1)c1ccc(Oc2ccc(/C=N/O)cc2)cc1. The van der Waals surface area contributed by atoms with Gasteiger partial charge in [-0.1, -0.05) is 61.5 Å². The molecule has 0 aliphatic rings. The Morgan fingerprint density at radius 1 is 0.760 bits per heavy atom. The van der Waals surface area contributed by atoms with Gasteiger partial charge < -0.3 is 9.94 Å². The maximum Gasteiger partial charge on any atom is 0.127 e. The fourth-order valence-electron chi connectivity index (χ4n) is 2.79. The first-order valence-corrected chi connectivity index (χ1v) is 8.21. The van der Waals surface area contributed by atoms with Crippen molar-refractivity contribution >= 4 is 6.21 Å². The van der Waals surface area contributed by atoms with Gasteiger partial charge in [0.1, 0.15) is 11.5 Å². The fraction of sp³-hybridized carbons (Fsp3) is 0.136. The Balaban J connectivity index is 1.76. The lowest BCUT2D eigenvalue weighted by atomic mass is 9.78. The zero-order chi connectivity index (χ0) is 17.7. The Kier molecular flexibility index (Phi) is 4.85. The number of oxime groups is 1. The molecular formula is C22H21NO2. The molecular weight excluding hydrogens is 310 g/mol. The predicted molar refractivity (Wildman–Crippen MR) is 101 cm³/mol. The van der Waals surface area contributed by atoms with Gasteiger partial charge in [0.2, 0.25) is 0 Å². The number of hydrogen-bond acceptors (Lipinski definition) is 3. The van der Waals surface area contributed by atoms with Crippen molar-refractivity contribution in [3.63, 3.8) is 0 Å². The summed E-state index contributed by atoms with van der Waals surface area (Å²) in [5, 5.41) is 11.5. The monoisotopic (exact) mass is 331 g/mol. The Labute approximate surface area is 148 Å². The summed E-state index contributed by atoms with van der Waals surface area (Å²) in [7, 11) is 0. The van der Waals surface area contributed by atoms with Crippen LogP contribution in [0.1, 0.15) is 30.5 Å². The smallest absolute Gasteiger partial charge is 0.127 e. The molecule has 3 nitrogen and oxygen atoms in total. The van der Waals surface area contributed by atoms with Gasteiger partial charge in [-0.05, 0) is 53.1 Å². The number of rotatable bonds is 5. The Bertz CT molecular complexity index is 835. The zero-order valence-electron chi connectivity index (χ0n) is 14.4. The first kappa shape index (κ1) is 16.8. The molecule has 0 fully saturated rings. The normalized spacial score (nSPS) is 11.6. The third-order valence-electron chi connectivity index (χ3n) is 4.39. The average molecular weight is 331 g/mol. The largest absolute Gasteiger partial charge is 0.457 e. The van der Waals surface area contributed by atoms with Gasteiger partial charge in [0.15, 0.2) is 0 Å². The number of hydrogen-bond donors (Lipinski definition) is 1. The van der Waals surface area contributed by atoms with Crippen LogP contribution in [0.15, 0.2) is 84.0 Å². The van der Waals surface area contributed by atoms with E-state index in [0.717, 1.165) is 17.1 Å². The summed E-state index contributed by atoms with van der Waals surface area (Å²) in [6.45, 7) is 4.44. The predicted octanol–water partition coefficient (Wildman–Crippen LogP) is 5.61. The number of ether oxygens (including phenoxy) is 1. The molecule has 0 heterocycles. The maximum atomic E-state index is 8.54. The molecule has 3 aromatic carbocycles. The van der Waals surface area contributed by atoms with Crippen LogP contribution in [0.2, 0.25) is 0 Å². The van der Waals surface area contributed by atoms with Crippen LogP contribution in [-0.2, 0) is 5.41 Å². The van der Waals surface area contributed by atoms with E-state index in [1.165, 1.54) is 17.3 Å². The highest BCUT2D eigenvalue weighted by atomic mass is 16.5. The molecule has 0 unspecified atom stereocenters. The van der Waals surface area contributed by atoms with Gasteiger partial charge in [0.25, 0.3) is 0 Å². The lowest BCUT2D eigenvalue weighted by Gasteiger charge is -2.26. The molecule has 0 amide bonds. The average Bonchev–Trinajstić information content (AvgIpc) is 2.65. The second-order valence-electron chi connectivity index (χ2n) is 6.43.